The van der Waals surface area contributed by atoms with Crippen LogP contribution >= 0.6 is 11.6 Å². The molecule has 0 aliphatic rings. The smallest absolute Gasteiger partial charge is 0.349 e. The molecule has 0 fully saturated rings. The highest BCUT2D eigenvalue weighted by atomic mass is 35.5. The van der Waals surface area contributed by atoms with Crippen molar-refractivity contribution in [1.82, 2.24) is 5.32 Å². The van der Waals surface area contributed by atoms with E-state index < -0.39 is 46.9 Å². The van der Waals surface area contributed by atoms with Crippen LogP contribution in [-0.2, 0) is 17.1 Å². The summed E-state index contributed by atoms with van der Waals surface area (Å²) in [6.45, 7) is 1.39. The van der Waals surface area contributed by atoms with Crippen LogP contribution in [-0.4, -0.2) is 17.9 Å². The summed E-state index contributed by atoms with van der Waals surface area (Å²) in [6, 6.07) is 5.85. The zero-order valence-electron chi connectivity index (χ0n) is 15.3. The Balaban J connectivity index is 2.10. The topological polar surface area (TPSA) is 58.2 Å². The second-order valence-electron chi connectivity index (χ2n) is 6.43. The molecule has 0 saturated carbocycles. The van der Waals surface area contributed by atoms with Gasteiger partial charge in [-0.15, -0.1) is 0 Å². The fourth-order valence-corrected chi connectivity index (χ4v) is 2.59. The van der Waals surface area contributed by atoms with Gasteiger partial charge in [-0.25, -0.2) is 0 Å². The quantitative estimate of drug-likeness (QED) is 0.586. The number of benzene rings is 2. The lowest BCUT2D eigenvalue weighted by molar-refractivity contribution is -0.143. The maximum absolute atomic E-state index is 12.9. The second kappa shape index (κ2) is 8.95. The number of alkyl halides is 6. The number of amides is 2. The van der Waals surface area contributed by atoms with Crippen molar-refractivity contribution in [1.29, 1.82) is 0 Å². The first-order chi connectivity index (χ1) is 13.8. The molecule has 30 heavy (non-hydrogen) atoms. The Hall–Kier alpha value is -2.75. The van der Waals surface area contributed by atoms with Crippen molar-refractivity contribution in [2.75, 3.05) is 5.32 Å². The van der Waals surface area contributed by atoms with Crippen LogP contribution in [0.3, 0.4) is 0 Å². The maximum atomic E-state index is 12.9. The molecule has 162 valence electrons. The molecule has 1 atom stereocenters. The third-order valence-electron chi connectivity index (χ3n) is 3.85. The number of rotatable bonds is 5. The van der Waals surface area contributed by atoms with Gasteiger partial charge in [0, 0.05) is 28.7 Å². The van der Waals surface area contributed by atoms with E-state index >= 15 is 0 Å². The van der Waals surface area contributed by atoms with Gasteiger partial charge in [-0.3, -0.25) is 9.59 Å². The molecule has 11 heteroatoms. The zero-order valence-corrected chi connectivity index (χ0v) is 16.0. The van der Waals surface area contributed by atoms with E-state index in [4.69, 9.17) is 11.6 Å². The van der Waals surface area contributed by atoms with Gasteiger partial charge in [0.05, 0.1) is 11.1 Å². The summed E-state index contributed by atoms with van der Waals surface area (Å²) >= 11 is 5.73. The van der Waals surface area contributed by atoms with Gasteiger partial charge in [-0.1, -0.05) is 11.6 Å². The summed E-state index contributed by atoms with van der Waals surface area (Å²) in [4.78, 5) is 24.2. The number of hydrogen-bond donors (Lipinski definition) is 2. The summed E-state index contributed by atoms with van der Waals surface area (Å²) in [5.74, 6) is -1.69. The van der Waals surface area contributed by atoms with Crippen molar-refractivity contribution in [3.63, 3.8) is 0 Å². The van der Waals surface area contributed by atoms with Gasteiger partial charge in [0.1, 0.15) is 0 Å². The first-order valence-electron chi connectivity index (χ1n) is 8.41. The molecule has 2 aromatic carbocycles. The molecular weight excluding hydrogens is 438 g/mol. The van der Waals surface area contributed by atoms with Gasteiger partial charge >= 0.3 is 12.4 Å². The molecule has 2 rings (SSSR count). The van der Waals surface area contributed by atoms with Crippen LogP contribution in [0, 0.1) is 0 Å². The summed E-state index contributed by atoms with van der Waals surface area (Å²) in [6.07, 6.45) is -10.4. The van der Waals surface area contributed by atoms with Crippen LogP contribution in [0.25, 0.3) is 0 Å². The van der Waals surface area contributed by atoms with Gasteiger partial charge in [-0.05, 0) is 49.4 Å². The Morgan fingerprint density at radius 1 is 0.933 bits per heavy atom. The molecular formula is C19H15ClF6N2O2. The number of hydrogen-bond acceptors (Lipinski definition) is 2. The molecule has 2 aromatic rings. The second-order valence-corrected chi connectivity index (χ2v) is 6.86. The summed E-state index contributed by atoms with van der Waals surface area (Å²) in [5.41, 5.74) is -3.59. The average Bonchev–Trinajstić information content (AvgIpc) is 2.61. The Labute approximate surface area is 172 Å². The summed E-state index contributed by atoms with van der Waals surface area (Å²) in [7, 11) is 0. The van der Waals surface area contributed by atoms with Crippen LogP contribution in [0.5, 0.6) is 0 Å². The number of anilines is 1. The third-order valence-corrected chi connectivity index (χ3v) is 4.10. The van der Waals surface area contributed by atoms with Gasteiger partial charge < -0.3 is 10.6 Å². The molecule has 1 unspecified atom stereocenters. The summed E-state index contributed by atoms with van der Waals surface area (Å²) in [5, 5.41) is 5.20. The number of carbonyl (C=O) groups is 2. The maximum Gasteiger partial charge on any atom is 0.416 e. The van der Waals surface area contributed by atoms with Crippen molar-refractivity contribution in [3.05, 3.63) is 64.2 Å². The highest BCUT2D eigenvalue weighted by Gasteiger charge is 2.37. The highest BCUT2D eigenvalue weighted by Crippen LogP contribution is 2.36. The van der Waals surface area contributed by atoms with Gasteiger partial charge in [-0.2, -0.15) is 26.3 Å². The Morgan fingerprint density at radius 2 is 1.43 bits per heavy atom. The molecule has 0 radical (unpaired) electrons. The van der Waals surface area contributed by atoms with E-state index in [0.29, 0.717) is 22.8 Å². The van der Waals surface area contributed by atoms with Crippen molar-refractivity contribution in [2.24, 2.45) is 0 Å². The van der Waals surface area contributed by atoms with Crippen LogP contribution in [0.1, 0.15) is 34.8 Å². The molecule has 0 aliphatic carbocycles. The average molecular weight is 453 g/mol. The van der Waals surface area contributed by atoms with Crippen molar-refractivity contribution < 1.29 is 35.9 Å². The Kier molecular flexibility index (Phi) is 7.02. The van der Waals surface area contributed by atoms with E-state index in [0.717, 1.165) is 0 Å². The lowest BCUT2D eigenvalue weighted by Gasteiger charge is -2.17. The highest BCUT2D eigenvalue weighted by molar-refractivity contribution is 6.30. The number of halogens is 7. The predicted octanol–water partition coefficient (Wildman–Crippen LogP) is 5.52. The minimum atomic E-state index is -5.07. The molecule has 0 saturated heterocycles. The largest absolute Gasteiger partial charge is 0.416 e. The molecule has 4 nitrogen and oxygen atoms in total. The van der Waals surface area contributed by atoms with Gasteiger partial charge in [0.2, 0.25) is 5.91 Å². The molecule has 2 N–H and O–H groups in total. The van der Waals surface area contributed by atoms with Crippen LogP contribution < -0.4 is 10.6 Å². The first kappa shape index (κ1) is 23.5. The van der Waals surface area contributed by atoms with Crippen molar-refractivity contribution in [3.8, 4) is 0 Å². The van der Waals surface area contributed by atoms with E-state index in [1.54, 1.807) is 0 Å². The van der Waals surface area contributed by atoms with Crippen LogP contribution in [0.4, 0.5) is 32.0 Å². The predicted molar refractivity (Wildman–Crippen MR) is 98.1 cm³/mol. The molecule has 2 amide bonds. The standard InChI is InChI=1S/C19H15ClF6N2O2/c1-10(6-16(29)28-15-4-2-14(20)3-5-15)27-17(30)11-7-12(18(21,22)23)9-13(8-11)19(24,25)26/h2-5,7-10H,6H2,1H3,(H,27,30)(H,28,29). The molecule has 0 spiro atoms. The minimum Gasteiger partial charge on any atom is -0.349 e. The Morgan fingerprint density at radius 3 is 1.90 bits per heavy atom. The number of carbonyl (C=O) groups excluding carboxylic acids is 2. The molecule has 0 heterocycles. The number of nitrogens with one attached hydrogen (secondary N) is 2. The first-order valence-corrected chi connectivity index (χ1v) is 8.79. The van der Waals surface area contributed by atoms with Crippen molar-refractivity contribution >= 4 is 29.1 Å². The van der Waals surface area contributed by atoms with E-state index in [9.17, 15) is 35.9 Å². The van der Waals surface area contributed by atoms with Gasteiger partial charge in [0.25, 0.3) is 5.91 Å². The molecule has 0 bridgehead atoms. The Bertz CT molecular complexity index is 894. The monoisotopic (exact) mass is 452 g/mol. The van der Waals surface area contributed by atoms with Crippen molar-refractivity contribution in [2.45, 2.75) is 31.7 Å². The van der Waals surface area contributed by atoms with E-state index in [2.05, 4.69) is 10.6 Å². The van der Waals surface area contributed by atoms with Crippen LogP contribution in [0.2, 0.25) is 5.02 Å². The zero-order chi connectivity index (χ0) is 22.7. The minimum absolute atomic E-state index is 0.0697. The van der Waals surface area contributed by atoms with Gasteiger partial charge in [0.15, 0.2) is 0 Å². The fraction of sp³-hybridized carbons (Fsp3) is 0.263. The van der Waals surface area contributed by atoms with E-state index in [-0.39, 0.29) is 12.5 Å². The summed E-state index contributed by atoms with van der Waals surface area (Å²) < 4.78 is 77.4. The van der Waals surface area contributed by atoms with E-state index in [1.807, 2.05) is 0 Å². The fourth-order valence-electron chi connectivity index (χ4n) is 2.47. The lowest BCUT2D eigenvalue weighted by Crippen LogP contribution is -2.35. The molecule has 0 aromatic heterocycles. The van der Waals surface area contributed by atoms with E-state index in [1.165, 1.54) is 31.2 Å². The molecule has 0 aliphatic heterocycles. The van der Waals surface area contributed by atoms with Crippen LogP contribution in [0.15, 0.2) is 42.5 Å². The third kappa shape index (κ3) is 6.65. The SMILES string of the molecule is CC(CC(=O)Nc1ccc(Cl)cc1)NC(=O)c1cc(C(F)(F)F)cc(C(F)(F)F)c1. The normalized spacial score (nSPS) is 12.9. The lowest BCUT2D eigenvalue weighted by atomic mass is 10.0.